The third kappa shape index (κ3) is 5.98. The highest BCUT2D eigenvalue weighted by atomic mass is 35.5. The summed E-state index contributed by atoms with van der Waals surface area (Å²) >= 11 is 6.32. The molecule has 0 amide bonds. The minimum Gasteiger partial charge on any atom is -0.320 e. The number of nitrogens with zero attached hydrogens (tertiary/aromatic N) is 6. The number of carbonyl (C=O) groups is 1. The summed E-state index contributed by atoms with van der Waals surface area (Å²) < 4.78 is 40.2. The van der Waals surface area contributed by atoms with Crippen LogP contribution in [0.1, 0.15) is 63.8 Å². The van der Waals surface area contributed by atoms with E-state index in [1.807, 2.05) is 110 Å². The van der Waals surface area contributed by atoms with Crippen LogP contribution in [0.4, 0.5) is 0 Å². The Hall–Kier alpha value is -5.66. The molecule has 0 saturated carbocycles. The van der Waals surface area contributed by atoms with Gasteiger partial charge in [-0.25, -0.2) is 9.67 Å². The average Bonchev–Trinajstić information content (AvgIpc) is 3.80. The summed E-state index contributed by atoms with van der Waals surface area (Å²) in [5, 5.41) is 13.5. The molecule has 0 fully saturated rings. The van der Waals surface area contributed by atoms with Gasteiger partial charge in [0.1, 0.15) is 17.1 Å². The van der Waals surface area contributed by atoms with E-state index in [2.05, 4.69) is 20.5 Å². The maximum absolute atomic E-state index is 12.1. The first kappa shape index (κ1) is 27.3. The molecule has 242 valence electrons. The van der Waals surface area contributed by atoms with E-state index in [1.54, 1.807) is 21.4 Å². The fourth-order valence-corrected chi connectivity index (χ4v) is 6.63. The van der Waals surface area contributed by atoms with Crippen molar-refractivity contribution in [3.05, 3.63) is 178 Å². The number of imidazole rings is 1. The average molecular weight is 667 g/mol. The molecule has 0 aliphatic rings. The molecular formula is C41H35ClN6O. The monoisotopic (exact) mass is 666 g/mol. The molecule has 0 unspecified atom stereocenters. The van der Waals surface area contributed by atoms with Crippen molar-refractivity contribution >= 4 is 17.9 Å². The number of benzene rings is 5. The molecule has 2 heterocycles. The van der Waals surface area contributed by atoms with E-state index < -0.39 is 5.54 Å². The van der Waals surface area contributed by atoms with E-state index in [0.717, 1.165) is 29.5 Å². The van der Waals surface area contributed by atoms with Crippen LogP contribution >= 0.6 is 11.6 Å². The maximum atomic E-state index is 12.1. The summed E-state index contributed by atoms with van der Waals surface area (Å²) in [5.74, 6) is 0.915. The fourth-order valence-electron chi connectivity index (χ4n) is 6.39. The van der Waals surface area contributed by atoms with Crippen molar-refractivity contribution in [1.82, 2.24) is 29.8 Å². The Morgan fingerprint density at radius 3 is 1.88 bits per heavy atom. The maximum Gasteiger partial charge on any atom is 0.184 e. The predicted octanol–water partition coefficient (Wildman–Crippen LogP) is 8.90. The van der Waals surface area contributed by atoms with Gasteiger partial charge in [0, 0.05) is 18.5 Å². The third-order valence-electron chi connectivity index (χ3n) is 8.70. The van der Waals surface area contributed by atoms with E-state index in [1.165, 1.54) is 0 Å². The van der Waals surface area contributed by atoms with Gasteiger partial charge in [-0.2, -0.15) is 0 Å². The minimum atomic E-state index is -1.05. The van der Waals surface area contributed by atoms with Crippen LogP contribution in [0.3, 0.4) is 0 Å². The number of halogens is 1. The van der Waals surface area contributed by atoms with E-state index in [0.29, 0.717) is 35.5 Å². The smallest absolute Gasteiger partial charge is 0.184 e. The second-order valence-electron chi connectivity index (χ2n) is 11.6. The van der Waals surface area contributed by atoms with Gasteiger partial charge in [-0.1, -0.05) is 164 Å². The molecule has 49 heavy (non-hydrogen) atoms. The molecule has 0 N–H and O–H groups in total. The molecule has 7 aromatic rings. The van der Waals surface area contributed by atoms with E-state index in [4.69, 9.17) is 14.3 Å². The van der Waals surface area contributed by atoms with E-state index >= 15 is 0 Å². The van der Waals surface area contributed by atoms with Crippen molar-refractivity contribution in [3.8, 4) is 22.5 Å². The van der Waals surface area contributed by atoms with Gasteiger partial charge in [0.15, 0.2) is 17.3 Å². The summed E-state index contributed by atoms with van der Waals surface area (Å²) in [6.07, 6.45) is 2.84. The molecule has 8 heteroatoms. The van der Waals surface area contributed by atoms with Crippen LogP contribution in [0.5, 0.6) is 0 Å². The summed E-state index contributed by atoms with van der Waals surface area (Å²) in [7, 11) is 0. The van der Waals surface area contributed by atoms with Crippen molar-refractivity contribution in [2.45, 2.75) is 38.3 Å². The number of aryl methyl sites for hydroxylation is 1. The van der Waals surface area contributed by atoms with Crippen molar-refractivity contribution in [2.75, 3.05) is 0 Å². The van der Waals surface area contributed by atoms with Crippen LogP contribution in [-0.2, 0) is 18.5 Å². The van der Waals surface area contributed by atoms with Gasteiger partial charge < -0.3 is 4.57 Å². The molecule has 0 bridgehead atoms. The normalized spacial score (nSPS) is 12.6. The Morgan fingerprint density at radius 1 is 0.776 bits per heavy atom. The van der Waals surface area contributed by atoms with Crippen LogP contribution in [0.25, 0.3) is 22.5 Å². The van der Waals surface area contributed by atoms with Gasteiger partial charge in [-0.05, 0) is 50.2 Å². The standard InChI is InChI=1S/C41H35ClN6O/c1-2-3-23-38-43-39(42)37(29-49)47(38)28-30-24-26-31(27-25-30)35-21-13-14-22-36(35)40-44-45-46-48(40)41(32-15-7-4-8-16-32,33-17-9-5-10-18-33)34-19-11-6-12-20-34/h4-22,24-27,29H,2-3,23,28H2,1H3/i24D,25D,26D,27D. The van der Waals surface area contributed by atoms with Gasteiger partial charge >= 0.3 is 0 Å². The quantitative estimate of drug-likeness (QED) is 0.0961. The lowest BCUT2D eigenvalue weighted by Crippen LogP contribution is -2.39. The van der Waals surface area contributed by atoms with Gasteiger partial charge in [0.05, 0.1) is 5.48 Å². The van der Waals surface area contributed by atoms with Crippen molar-refractivity contribution in [2.24, 2.45) is 0 Å². The Bertz CT molecular complexity index is 2280. The highest BCUT2D eigenvalue weighted by Gasteiger charge is 2.42. The van der Waals surface area contributed by atoms with Gasteiger partial charge in [0.25, 0.3) is 0 Å². The number of rotatable bonds is 12. The third-order valence-corrected chi connectivity index (χ3v) is 8.98. The Balaban J connectivity index is 1.44. The van der Waals surface area contributed by atoms with Gasteiger partial charge in [-0.3, -0.25) is 4.79 Å². The zero-order chi connectivity index (χ0) is 37.1. The Labute approximate surface area is 296 Å². The van der Waals surface area contributed by atoms with Crippen LogP contribution in [0.2, 0.25) is 5.15 Å². The Morgan fingerprint density at radius 2 is 1.33 bits per heavy atom. The number of tetrazole rings is 1. The largest absolute Gasteiger partial charge is 0.320 e. The number of hydrogen-bond donors (Lipinski definition) is 0. The molecule has 0 aliphatic heterocycles. The van der Waals surface area contributed by atoms with Crippen molar-refractivity contribution in [3.63, 3.8) is 0 Å². The topological polar surface area (TPSA) is 78.5 Å². The number of unbranched alkanes of at least 4 members (excludes halogenated alkanes) is 1. The number of hydrogen-bond acceptors (Lipinski definition) is 5. The van der Waals surface area contributed by atoms with Crippen molar-refractivity contribution < 1.29 is 10.3 Å². The predicted molar refractivity (Wildman–Crippen MR) is 194 cm³/mol. The van der Waals surface area contributed by atoms with E-state index in [9.17, 15) is 7.54 Å². The van der Waals surface area contributed by atoms with Crippen LogP contribution in [0, 0.1) is 0 Å². The lowest BCUT2D eigenvalue weighted by atomic mass is 9.77. The molecule has 0 saturated heterocycles. The van der Waals surface area contributed by atoms with E-state index in [-0.39, 0.29) is 52.7 Å². The summed E-state index contributed by atoms with van der Waals surface area (Å²) in [4.78, 5) is 16.4. The number of aromatic nitrogens is 6. The second kappa shape index (κ2) is 14.2. The summed E-state index contributed by atoms with van der Waals surface area (Å²) in [5.41, 5.74) is 2.98. The molecule has 0 spiro atoms. The molecular weight excluding hydrogens is 628 g/mol. The molecule has 5 aromatic carbocycles. The summed E-state index contributed by atoms with van der Waals surface area (Å²) in [6, 6.07) is 36.2. The van der Waals surface area contributed by atoms with Gasteiger partial charge in [0.2, 0.25) is 0 Å². The first-order valence-electron chi connectivity index (χ1n) is 18.2. The van der Waals surface area contributed by atoms with Crippen LogP contribution in [-0.4, -0.2) is 36.0 Å². The summed E-state index contributed by atoms with van der Waals surface area (Å²) in [6.45, 7) is 1.94. The lowest BCUT2D eigenvalue weighted by molar-refractivity contribution is 0.111. The van der Waals surface area contributed by atoms with Crippen LogP contribution < -0.4 is 0 Å². The Kier molecular flexibility index (Phi) is 7.92. The zero-order valence-electron chi connectivity index (χ0n) is 30.8. The second-order valence-corrected chi connectivity index (χ2v) is 12.0. The first-order valence-corrected chi connectivity index (χ1v) is 16.5. The number of aldehydes is 1. The van der Waals surface area contributed by atoms with Crippen LogP contribution in [0.15, 0.2) is 139 Å². The highest BCUT2D eigenvalue weighted by molar-refractivity contribution is 6.31. The molecule has 0 atom stereocenters. The SMILES string of the molecule is [2H]c1c([2H])c(-c2ccccc2-c2nnnn2C(c2ccccc2)(c2ccccc2)c2ccccc2)c([2H])c([2H])c1Cn1c(CCCC)nc(Cl)c1C=O. The minimum absolute atomic E-state index is 0.0437. The molecule has 0 radical (unpaired) electrons. The fraction of sp³-hybridized carbons (Fsp3) is 0.146. The lowest BCUT2D eigenvalue weighted by Gasteiger charge is -2.36. The number of carbonyl (C=O) groups excluding carboxylic acids is 1. The zero-order valence-corrected chi connectivity index (χ0v) is 27.6. The first-order chi connectivity index (χ1) is 25.8. The molecule has 0 aliphatic carbocycles. The molecule has 7 rings (SSSR count). The highest BCUT2D eigenvalue weighted by Crippen LogP contribution is 2.43. The molecule has 7 nitrogen and oxygen atoms in total. The van der Waals surface area contributed by atoms with Crippen molar-refractivity contribution in [1.29, 1.82) is 0 Å². The van der Waals surface area contributed by atoms with Gasteiger partial charge in [-0.15, -0.1) is 5.10 Å². The molecule has 2 aromatic heterocycles.